The van der Waals surface area contributed by atoms with Crippen molar-refractivity contribution >= 4 is 27.5 Å². The number of ether oxygens (including phenoxy) is 1. The van der Waals surface area contributed by atoms with Crippen molar-refractivity contribution in [2.45, 2.75) is 18.9 Å². The molecule has 1 aromatic rings. The molecule has 1 aromatic carbocycles. The summed E-state index contributed by atoms with van der Waals surface area (Å²) in [5.41, 5.74) is 0.841. The Morgan fingerprint density at radius 1 is 1.48 bits per heavy atom. The van der Waals surface area contributed by atoms with Crippen LogP contribution >= 0.6 is 15.9 Å². The van der Waals surface area contributed by atoms with Gasteiger partial charge in [0.15, 0.2) is 0 Å². The van der Waals surface area contributed by atoms with Crippen LogP contribution in [0.4, 0.5) is 5.69 Å². The molecule has 2 rings (SSSR count). The van der Waals surface area contributed by atoms with Gasteiger partial charge in [-0.2, -0.15) is 5.26 Å². The monoisotopic (exact) mass is 349 g/mol. The predicted molar refractivity (Wildman–Crippen MR) is 83.4 cm³/mol. The quantitative estimate of drug-likeness (QED) is 0.632. The van der Waals surface area contributed by atoms with Crippen molar-refractivity contribution in [1.29, 1.82) is 5.26 Å². The molecule has 6 heteroatoms. The van der Waals surface area contributed by atoms with E-state index in [9.17, 15) is 4.79 Å². The highest BCUT2D eigenvalue weighted by molar-refractivity contribution is 9.10. The zero-order valence-electron chi connectivity index (χ0n) is 11.4. The summed E-state index contributed by atoms with van der Waals surface area (Å²) in [6, 6.07) is 9.34. The molecule has 1 aliphatic heterocycles. The fourth-order valence-corrected chi connectivity index (χ4v) is 2.22. The van der Waals surface area contributed by atoms with Gasteiger partial charge in [-0.25, -0.2) is 0 Å². The number of nitrogens with zero attached hydrogens (tertiary/aromatic N) is 1. The Morgan fingerprint density at radius 2 is 2.24 bits per heavy atom. The van der Waals surface area contributed by atoms with E-state index in [1.807, 2.05) is 30.3 Å². The third-order valence-corrected chi connectivity index (χ3v) is 3.64. The van der Waals surface area contributed by atoms with Crippen molar-refractivity contribution in [1.82, 2.24) is 5.32 Å². The number of halogens is 1. The summed E-state index contributed by atoms with van der Waals surface area (Å²) in [6.07, 6.45) is 3.44. The number of nitriles is 1. The van der Waals surface area contributed by atoms with E-state index in [2.05, 4.69) is 26.6 Å². The van der Waals surface area contributed by atoms with Gasteiger partial charge in [-0.3, -0.25) is 4.79 Å². The lowest BCUT2D eigenvalue weighted by Crippen LogP contribution is -2.32. The summed E-state index contributed by atoms with van der Waals surface area (Å²) in [6.45, 7) is 1.18. The van der Waals surface area contributed by atoms with Crippen LogP contribution in [0, 0.1) is 11.3 Å². The Morgan fingerprint density at radius 3 is 2.86 bits per heavy atom. The molecule has 1 amide bonds. The molecule has 1 unspecified atom stereocenters. The molecule has 0 aromatic heterocycles. The summed E-state index contributed by atoms with van der Waals surface area (Å²) in [5, 5.41) is 14.7. The average molecular weight is 350 g/mol. The number of hydrogen-bond donors (Lipinski definition) is 2. The number of amides is 1. The lowest BCUT2D eigenvalue weighted by molar-refractivity contribution is -0.117. The van der Waals surface area contributed by atoms with Crippen molar-refractivity contribution in [3.63, 3.8) is 0 Å². The molecule has 21 heavy (non-hydrogen) atoms. The van der Waals surface area contributed by atoms with Gasteiger partial charge in [0.1, 0.15) is 11.6 Å². The van der Waals surface area contributed by atoms with E-state index in [0.717, 1.165) is 29.6 Å². The minimum atomic E-state index is -0.391. The van der Waals surface area contributed by atoms with Gasteiger partial charge in [0.05, 0.1) is 6.10 Å². The fraction of sp³-hybridized carbons (Fsp3) is 0.333. The van der Waals surface area contributed by atoms with Gasteiger partial charge in [0, 0.05) is 29.5 Å². The van der Waals surface area contributed by atoms with Crippen molar-refractivity contribution in [3.05, 3.63) is 40.5 Å². The van der Waals surface area contributed by atoms with Crippen LogP contribution in [0.2, 0.25) is 0 Å². The smallest absolute Gasteiger partial charge is 0.263 e. The SMILES string of the molecule is N#C/C(=C/Nc1ccc(Br)cc1)C(=O)NCC1CCCO1. The molecular weight excluding hydrogens is 334 g/mol. The Kier molecular flexibility index (Phi) is 5.78. The van der Waals surface area contributed by atoms with Gasteiger partial charge >= 0.3 is 0 Å². The highest BCUT2D eigenvalue weighted by Crippen LogP contribution is 2.14. The molecule has 1 fully saturated rings. The van der Waals surface area contributed by atoms with Crippen LogP contribution in [0.1, 0.15) is 12.8 Å². The average Bonchev–Trinajstić information content (AvgIpc) is 3.01. The number of nitrogens with one attached hydrogen (secondary N) is 2. The van der Waals surface area contributed by atoms with E-state index < -0.39 is 5.91 Å². The second-order valence-electron chi connectivity index (χ2n) is 4.67. The molecule has 5 nitrogen and oxygen atoms in total. The van der Waals surface area contributed by atoms with Crippen molar-refractivity contribution < 1.29 is 9.53 Å². The van der Waals surface area contributed by atoms with Gasteiger partial charge in [0.2, 0.25) is 0 Å². The van der Waals surface area contributed by atoms with Crippen molar-refractivity contribution in [3.8, 4) is 6.07 Å². The maximum atomic E-state index is 11.9. The summed E-state index contributed by atoms with van der Waals surface area (Å²) in [7, 11) is 0. The van der Waals surface area contributed by atoms with Crippen molar-refractivity contribution in [2.24, 2.45) is 0 Å². The van der Waals surface area contributed by atoms with Crippen LogP contribution < -0.4 is 10.6 Å². The van der Waals surface area contributed by atoms with Gasteiger partial charge in [-0.05, 0) is 37.1 Å². The Bertz CT molecular complexity index is 557. The number of anilines is 1. The molecule has 0 bridgehead atoms. The first kappa shape index (κ1) is 15.5. The first-order valence-electron chi connectivity index (χ1n) is 6.71. The van der Waals surface area contributed by atoms with Crippen LogP contribution in [-0.4, -0.2) is 25.2 Å². The normalized spacial score (nSPS) is 18.1. The standard InChI is InChI=1S/C15H16BrN3O2/c16-12-3-5-13(6-4-12)18-9-11(8-17)15(20)19-10-14-2-1-7-21-14/h3-6,9,14,18H,1-2,7,10H2,(H,19,20)/b11-9-. The zero-order valence-corrected chi connectivity index (χ0v) is 13.0. The molecule has 0 aliphatic carbocycles. The van der Waals surface area contributed by atoms with E-state index in [1.165, 1.54) is 6.20 Å². The third-order valence-electron chi connectivity index (χ3n) is 3.11. The highest BCUT2D eigenvalue weighted by Gasteiger charge is 2.17. The zero-order chi connectivity index (χ0) is 15.1. The Hall–Kier alpha value is -1.84. The van der Waals surface area contributed by atoms with Crippen LogP contribution in [0.25, 0.3) is 0 Å². The highest BCUT2D eigenvalue weighted by atomic mass is 79.9. The number of rotatable bonds is 5. The molecule has 0 spiro atoms. The lowest BCUT2D eigenvalue weighted by Gasteiger charge is -2.10. The topological polar surface area (TPSA) is 74.2 Å². The summed E-state index contributed by atoms with van der Waals surface area (Å²) < 4.78 is 6.38. The van der Waals surface area contributed by atoms with E-state index in [1.54, 1.807) is 0 Å². The Balaban J connectivity index is 1.88. The summed E-state index contributed by atoms with van der Waals surface area (Å²) in [5.74, 6) is -0.391. The second kappa shape index (κ2) is 7.81. The molecule has 110 valence electrons. The minimum absolute atomic E-state index is 0.0379. The summed E-state index contributed by atoms with van der Waals surface area (Å²) >= 11 is 3.34. The molecule has 1 aliphatic rings. The number of hydrogen-bond acceptors (Lipinski definition) is 4. The largest absolute Gasteiger partial charge is 0.376 e. The predicted octanol–water partition coefficient (Wildman–Crippen LogP) is 2.56. The number of benzene rings is 1. The van der Waals surface area contributed by atoms with Gasteiger partial charge in [0.25, 0.3) is 5.91 Å². The van der Waals surface area contributed by atoms with E-state index in [-0.39, 0.29) is 11.7 Å². The summed E-state index contributed by atoms with van der Waals surface area (Å²) in [4.78, 5) is 11.9. The maximum Gasteiger partial charge on any atom is 0.263 e. The molecule has 1 saturated heterocycles. The van der Waals surface area contributed by atoms with E-state index in [4.69, 9.17) is 10.00 Å². The van der Waals surface area contributed by atoms with Crippen molar-refractivity contribution in [2.75, 3.05) is 18.5 Å². The minimum Gasteiger partial charge on any atom is -0.376 e. The van der Waals surface area contributed by atoms with Crippen LogP contribution in [-0.2, 0) is 9.53 Å². The van der Waals surface area contributed by atoms with Crippen LogP contribution in [0.3, 0.4) is 0 Å². The molecule has 1 atom stereocenters. The number of carbonyl (C=O) groups is 1. The fourth-order valence-electron chi connectivity index (χ4n) is 1.96. The molecule has 2 N–H and O–H groups in total. The Labute approximate surface area is 132 Å². The van der Waals surface area contributed by atoms with Gasteiger partial charge in [-0.15, -0.1) is 0 Å². The van der Waals surface area contributed by atoms with Crippen LogP contribution in [0.5, 0.6) is 0 Å². The van der Waals surface area contributed by atoms with E-state index >= 15 is 0 Å². The molecule has 1 heterocycles. The first-order valence-corrected chi connectivity index (χ1v) is 7.50. The van der Waals surface area contributed by atoms with E-state index in [0.29, 0.717) is 6.54 Å². The van der Waals surface area contributed by atoms with Gasteiger partial charge in [-0.1, -0.05) is 15.9 Å². The second-order valence-corrected chi connectivity index (χ2v) is 5.58. The number of carbonyl (C=O) groups excluding carboxylic acids is 1. The molecular formula is C15H16BrN3O2. The third kappa shape index (κ3) is 4.88. The lowest BCUT2D eigenvalue weighted by atomic mass is 10.2. The first-order chi connectivity index (χ1) is 10.2. The van der Waals surface area contributed by atoms with Crippen LogP contribution in [0.15, 0.2) is 40.5 Å². The molecule has 0 radical (unpaired) electrons. The van der Waals surface area contributed by atoms with Gasteiger partial charge < -0.3 is 15.4 Å². The molecule has 0 saturated carbocycles. The maximum absolute atomic E-state index is 11.9.